The number of fused-ring (bicyclic) bond motifs is 1. The standard InChI is InChI=1S/C20H22N4O/c1-15-12-22-23(13-15)14-18-8-4-10-24(18)19(25)11-17-6-2-5-16-7-3-9-21-20(16)17/h2-3,5-7,9,12-13,18H,4,8,10-11,14H2,1H3/t18-/m0/s1. The van der Waals surface area contributed by atoms with E-state index >= 15 is 0 Å². The van der Waals surface area contributed by atoms with Crippen LogP contribution in [-0.4, -0.2) is 38.2 Å². The van der Waals surface area contributed by atoms with Crippen LogP contribution >= 0.6 is 0 Å². The number of para-hydroxylation sites is 1. The van der Waals surface area contributed by atoms with Crippen molar-refractivity contribution in [1.82, 2.24) is 19.7 Å². The van der Waals surface area contributed by atoms with Gasteiger partial charge in [-0.25, -0.2) is 0 Å². The van der Waals surface area contributed by atoms with E-state index in [4.69, 9.17) is 0 Å². The number of likely N-dealkylation sites (tertiary alicyclic amines) is 1. The van der Waals surface area contributed by atoms with E-state index in [-0.39, 0.29) is 11.9 Å². The molecule has 25 heavy (non-hydrogen) atoms. The van der Waals surface area contributed by atoms with Crippen LogP contribution in [0.25, 0.3) is 10.9 Å². The van der Waals surface area contributed by atoms with Gasteiger partial charge in [0.05, 0.1) is 30.7 Å². The zero-order chi connectivity index (χ0) is 17.2. The van der Waals surface area contributed by atoms with Crippen molar-refractivity contribution in [2.45, 2.75) is 38.8 Å². The Morgan fingerprint density at radius 1 is 1.28 bits per heavy atom. The molecule has 0 spiro atoms. The molecule has 0 radical (unpaired) electrons. The summed E-state index contributed by atoms with van der Waals surface area (Å²) in [6, 6.07) is 10.2. The van der Waals surface area contributed by atoms with Crippen LogP contribution in [0, 0.1) is 6.92 Å². The third kappa shape index (κ3) is 3.27. The van der Waals surface area contributed by atoms with Gasteiger partial charge in [-0.1, -0.05) is 24.3 Å². The molecule has 0 unspecified atom stereocenters. The number of nitrogens with zero attached hydrogens (tertiary/aromatic N) is 4. The first-order chi connectivity index (χ1) is 12.2. The molecule has 1 atom stereocenters. The SMILES string of the molecule is Cc1cnn(C[C@@H]2CCCN2C(=O)Cc2cccc3cccnc23)c1. The van der Waals surface area contributed by atoms with E-state index in [1.165, 1.54) is 0 Å². The van der Waals surface area contributed by atoms with Crippen LogP contribution in [0.1, 0.15) is 24.0 Å². The highest BCUT2D eigenvalue weighted by Gasteiger charge is 2.29. The zero-order valence-electron chi connectivity index (χ0n) is 14.4. The topological polar surface area (TPSA) is 51.0 Å². The van der Waals surface area contributed by atoms with E-state index in [1.807, 2.05) is 59.2 Å². The van der Waals surface area contributed by atoms with Gasteiger partial charge in [-0.3, -0.25) is 14.5 Å². The van der Waals surface area contributed by atoms with Crippen molar-refractivity contribution in [1.29, 1.82) is 0 Å². The summed E-state index contributed by atoms with van der Waals surface area (Å²) >= 11 is 0. The molecule has 1 amide bonds. The Kier molecular flexibility index (Phi) is 4.22. The van der Waals surface area contributed by atoms with E-state index in [2.05, 4.69) is 10.1 Å². The van der Waals surface area contributed by atoms with Gasteiger partial charge in [0.1, 0.15) is 0 Å². The summed E-state index contributed by atoms with van der Waals surface area (Å²) in [5.41, 5.74) is 3.08. The molecule has 4 rings (SSSR count). The van der Waals surface area contributed by atoms with Gasteiger partial charge in [0.2, 0.25) is 5.91 Å². The molecule has 128 valence electrons. The Labute approximate surface area is 147 Å². The maximum absolute atomic E-state index is 12.9. The third-order valence-corrected chi connectivity index (χ3v) is 4.92. The molecule has 3 aromatic rings. The lowest BCUT2D eigenvalue weighted by Gasteiger charge is -2.25. The van der Waals surface area contributed by atoms with Crippen LogP contribution in [0.3, 0.4) is 0 Å². The van der Waals surface area contributed by atoms with Crippen molar-refractivity contribution in [3.05, 3.63) is 60.0 Å². The predicted octanol–water partition coefficient (Wildman–Crippen LogP) is 2.97. The molecular formula is C20H22N4O. The minimum Gasteiger partial charge on any atom is -0.338 e. The molecule has 1 aliphatic heterocycles. The van der Waals surface area contributed by atoms with Crippen LogP contribution in [-0.2, 0) is 17.8 Å². The molecule has 0 bridgehead atoms. The van der Waals surface area contributed by atoms with Crippen molar-refractivity contribution in [3.63, 3.8) is 0 Å². The molecule has 0 aliphatic carbocycles. The second-order valence-corrected chi connectivity index (χ2v) is 6.79. The Balaban J connectivity index is 1.51. The molecule has 3 heterocycles. The van der Waals surface area contributed by atoms with Gasteiger partial charge in [0.25, 0.3) is 0 Å². The number of hydrogen-bond acceptors (Lipinski definition) is 3. The predicted molar refractivity (Wildman–Crippen MR) is 97.1 cm³/mol. The average molecular weight is 334 g/mol. The van der Waals surface area contributed by atoms with Gasteiger partial charge in [-0.05, 0) is 37.0 Å². The van der Waals surface area contributed by atoms with E-state index in [9.17, 15) is 4.79 Å². The summed E-state index contributed by atoms with van der Waals surface area (Å²) in [4.78, 5) is 19.4. The third-order valence-electron chi connectivity index (χ3n) is 4.92. The zero-order valence-corrected chi connectivity index (χ0v) is 14.4. The smallest absolute Gasteiger partial charge is 0.227 e. The monoisotopic (exact) mass is 334 g/mol. The van der Waals surface area contributed by atoms with Gasteiger partial charge >= 0.3 is 0 Å². The molecule has 1 saturated heterocycles. The first kappa shape index (κ1) is 15.8. The lowest BCUT2D eigenvalue weighted by Crippen LogP contribution is -2.39. The lowest BCUT2D eigenvalue weighted by molar-refractivity contribution is -0.131. The number of pyridine rings is 1. The Bertz CT molecular complexity index is 896. The van der Waals surface area contributed by atoms with Gasteiger partial charge in [0, 0.05) is 24.3 Å². The van der Waals surface area contributed by atoms with Crippen molar-refractivity contribution in [3.8, 4) is 0 Å². The fourth-order valence-electron chi connectivity index (χ4n) is 3.71. The number of benzene rings is 1. The number of hydrogen-bond donors (Lipinski definition) is 0. The molecule has 0 N–H and O–H groups in total. The van der Waals surface area contributed by atoms with E-state index < -0.39 is 0 Å². The maximum atomic E-state index is 12.9. The van der Waals surface area contributed by atoms with E-state index in [0.29, 0.717) is 6.42 Å². The number of carbonyl (C=O) groups excluding carboxylic acids is 1. The van der Waals surface area contributed by atoms with Gasteiger partial charge in [-0.2, -0.15) is 5.10 Å². The highest BCUT2D eigenvalue weighted by Crippen LogP contribution is 2.22. The molecule has 5 heteroatoms. The van der Waals surface area contributed by atoms with Crippen LogP contribution in [0.15, 0.2) is 48.9 Å². The molecule has 1 aromatic carbocycles. The van der Waals surface area contributed by atoms with Gasteiger partial charge < -0.3 is 4.90 Å². The first-order valence-corrected chi connectivity index (χ1v) is 8.82. The number of amides is 1. The maximum Gasteiger partial charge on any atom is 0.227 e. The summed E-state index contributed by atoms with van der Waals surface area (Å²) in [5, 5.41) is 5.45. The van der Waals surface area contributed by atoms with Crippen LogP contribution in [0.5, 0.6) is 0 Å². The van der Waals surface area contributed by atoms with E-state index in [0.717, 1.165) is 48.0 Å². The first-order valence-electron chi connectivity index (χ1n) is 8.82. The number of carbonyl (C=O) groups is 1. The van der Waals surface area contributed by atoms with Crippen molar-refractivity contribution >= 4 is 16.8 Å². The van der Waals surface area contributed by atoms with Crippen molar-refractivity contribution < 1.29 is 4.79 Å². The largest absolute Gasteiger partial charge is 0.338 e. The average Bonchev–Trinajstić information content (AvgIpc) is 3.24. The van der Waals surface area contributed by atoms with Gasteiger partial charge in [-0.15, -0.1) is 0 Å². The van der Waals surface area contributed by atoms with Crippen LogP contribution in [0.4, 0.5) is 0 Å². The molecular weight excluding hydrogens is 312 g/mol. The molecule has 5 nitrogen and oxygen atoms in total. The summed E-state index contributed by atoms with van der Waals surface area (Å²) in [5.74, 6) is 0.185. The normalized spacial score (nSPS) is 17.3. The summed E-state index contributed by atoms with van der Waals surface area (Å²) in [7, 11) is 0. The fraction of sp³-hybridized carbons (Fsp3) is 0.350. The summed E-state index contributed by atoms with van der Waals surface area (Å²) in [6.07, 6.45) is 8.19. The Morgan fingerprint density at radius 3 is 3.00 bits per heavy atom. The quantitative estimate of drug-likeness (QED) is 0.737. The Hall–Kier alpha value is -2.69. The highest BCUT2D eigenvalue weighted by atomic mass is 16.2. The fourth-order valence-corrected chi connectivity index (χ4v) is 3.71. The van der Waals surface area contributed by atoms with Crippen LogP contribution in [0.2, 0.25) is 0 Å². The number of rotatable bonds is 4. The van der Waals surface area contributed by atoms with Crippen LogP contribution < -0.4 is 0 Å². The second-order valence-electron chi connectivity index (χ2n) is 6.79. The Morgan fingerprint density at radius 2 is 2.16 bits per heavy atom. The molecule has 0 saturated carbocycles. The number of aryl methyl sites for hydroxylation is 1. The lowest BCUT2D eigenvalue weighted by atomic mass is 10.1. The van der Waals surface area contributed by atoms with E-state index in [1.54, 1.807) is 6.20 Å². The van der Waals surface area contributed by atoms with Crippen molar-refractivity contribution in [2.75, 3.05) is 6.54 Å². The number of aromatic nitrogens is 3. The highest BCUT2D eigenvalue weighted by molar-refractivity contribution is 5.87. The minimum atomic E-state index is 0.185. The summed E-state index contributed by atoms with van der Waals surface area (Å²) < 4.78 is 1.95. The molecule has 1 aliphatic rings. The molecule has 2 aromatic heterocycles. The van der Waals surface area contributed by atoms with Gasteiger partial charge in [0.15, 0.2) is 0 Å². The summed E-state index contributed by atoms with van der Waals surface area (Å²) in [6.45, 7) is 3.64. The second kappa shape index (κ2) is 6.67. The molecule has 1 fully saturated rings. The minimum absolute atomic E-state index is 0.185. The van der Waals surface area contributed by atoms with Crippen molar-refractivity contribution in [2.24, 2.45) is 0 Å².